The van der Waals surface area contributed by atoms with E-state index < -0.39 is 24.8 Å². The number of carbonyl (C=O) groups excluding carboxylic acids is 2. The summed E-state index contributed by atoms with van der Waals surface area (Å²) in [6.45, 7) is -0.215. The lowest BCUT2D eigenvalue weighted by Gasteiger charge is -2.34. The van der Waals surface area contributed by atoms with Gasteiger partial charge in [-0.25, -0.2) is 9.37 Å². The number of halogens is 1. The Balaban J connectivity index is 1.25. The maximum atomic E-state index is 14.7. The van der Waals surface area contributed by atoms with Crippen molar-refractivity contribution in [2.24, 2.45) is 11.7 Å². The maximum Gasteiger partial charge on any atom is 0.248 e. The number of benzene rings is 2. The van der Waals surface area contributed by atoms with Crippen LogP contribution in [-0.4, -0.2) is 63.8 Å². The van der Waals surface area contributed by atoms with Crippen molar-refractivity contribution in [3.8, 4) is 16.9 Å². The van der Waals surface area contributed by atoms with Crippen LogP contribution in [0, 0.1) is 5.92 Å². The number of aromatic nitrogens is 2. The SMILES string of the molecule is NCc1cc(-c2cccc(NC(=O)C3CC3c3c[nH]cn3)c2)ccc1O[C@H]1CCN(C(=O)CO)C[C@H]1F. The molecule has 194 valence electrons. The molecule has 5 N–H and O–H groups in total. The number of carbonyl (C=O) groups is 2. The van der Waals surface area contributed by atoms with Gasteiger partial charge in [-0.05, 0) is 41.8 Å². The molecule has 1 saturated heterocycles. The normalized spacial score (nSPS) is 22.9. The van der Waals surface area contributed by atoms with E-state index in [0.717, 1.165) is 28.8 Å². The Kier molecular flexibility index (Phi) is 7.20. The van der Waals surface area contributed by atoms with Gasteiger partial charge in [-0.1, -0.05) is 18.2 Å². The molecular formula is C27H30FN5O4. The Hall–Kier alpha value is -3.76. The highest BCUT2D eigenvalue weighted by Gasteiger charge is 2.45. The van der Waals surface area contributed by atoms with Crippen molar-refractivity contribution in [3.05, 3.63) is 66.2 Å². The molecule has 0 spiro atoms. The average molecular weight is 508 g/mol. The molecule has 0 bridgehead atoms. The van der Waals surface area contributed by atoms with Gasteiger partial charge in [0.15, 0.2) is 6.17 Å². The van der Waals surface area contributed by atoms with Gasteiger partial charge in [0.05, 0.1) is 18.6 Å². The van der Waals surface area contributed by atoms with Gasteiger partial charge in [0.25, 0.3) is 0 Å². The number of aliphatic hydroxyl groups excluding tert-OH is 1. The number of anilines is 1. The van der Waals surface area contributed by atoms with Gasteiger partial charge < -0.3 is 30.8 Å². The Morgan fingerprint density at radius 3 is 2.81 bits per heavy atom. The maximum absolute atomic E-state index is 14.7. The Bertz CT molecular complexity index is 1270. The van der Waals surface area contributed by atoms with E-state index in [1.807, 2.05) is 42.6 Å². The van der Waals surface area contributed by atoms with Gasteiger partial charge in [-0.2, -0.15) is 0 Å². The molecule has 2 aliphatic rings. The lowest BCUT2D eigenvalue weighted by atomic mass is 10.0. The van der Waals surface area contributed by atoms with Crippen molar-refractivity contribution < 1.29 is 23.8 Å². The van der Waals surface area contributed by atoms with E-state index in [2.05, 4.69) is 15.3 Å². The van der Waals surface area contributed by atoms with Crippen molar-refractivity contribution in [1.29, 1.82) is 0 Å². The number of aliphatic hydroxyl groups is 1. The molecule has 1 aliphatic carbocycles. The third-order valence-electron chi connectivity index (χ3n) is 7.02. The number of piperidine rings is 1. The molecule has 2 unspecified atom stereocenters. The quantitative estimate of drug-likeness (QED) is 0.370. The molecule has 4 atom stereocenters. The molecule has 2 aromatic carbocycles. The van der Waals surface area contributed by atoms with E-state index in [0.29, 0.717) is 24.4 Å². The first kappa shape index (κ1) is 24.9. The smallest absolute Gasteiger partial charge is 0.248 e. The molecule has 5 rings (SSSR count). The number of ether oxygens (including phenoxy) is 1. The summed E-state index contributed by atoms with van der Waals surface area (Å²) in [5.41, 5.74) is 10.1. The summed E-state index contributed by atoms with van der Waals surface area (Å²) in [6.07, 6.45) is 2.49. The highest BCUT2D eigenvalue weighted by atomic mass is 19.1. The largest absolute Gasteiger partial charge is 0.487 e. The van der Waals surface area contributed by atoms with Crippen LogP contribution in [0.4, 0.5) is 10.1 Å². The van der Waals surface area contributed by atoms with Crippen molar-refractivity contribution in [1.82, 2.24) is 14.9 Å². The molecule has 3 aromatic rings. The Morgan fingerprint density at radius 1 is 1.24 bits per heavy atom. The topological polar surface area (TPSA) is 134 Å². The fourth-order valence-corrected chi connectivity index (χ4v) is 4.84. The molecule has 1 saturated carbocycles. The van der Waals surface area contributed by atoms with Gasteiger partial charge in [-0.3, -0.25) is 9.59 Å². The number of hydrogen-bond acceptors (Lipinski definition) is 6. The highest BCUT2D eigenvalue weighted by Crippen LogP contribution is 2.47. The van der Waals surface area contributed by atoms with Crippen LogP contribution in [0.3, 0.4) is 0 Å². The third-order valence-corrected chi connectivity index (χ3v) is 7.02. The number of amides is 2. The zero-order valence-electron chi connectivity index (χ0n) is 20.3. The lowest BCUT2D eigenvalue weighted by Crippen LogP contribution is -2.50. The van der Waals surface area contributed by atoms with Crippen LogP contribution in [0.1, 0.15) is 30.0 Å². The van der Waals surface area contributed by atoms with Crippen LogP contribution in [0.25, 0.3) is 11.1 Å². The fraction of sp³-hybridized carbons (Fsp3) is 0.370. The van der Waals surface area contributed by atoms with Gasteiger partial charge in [0.2, 0.25) is 11.8 Å². The van der Waals surface area contributed by atoms with E-state index >= 15 is 0 Å². The summed E-state index contributed by atoms with van der Waals surface area (Å²) < 4.78 is 20.7. The van der Waals surface area contributed by atoms with Crippen LogP contribution >= 0.6 is 0 Å². The van der Waals surface area contributed by atoms with Crippen molar-refractivity contribution >= 4 is 17.5 Å². The summed E-state index contributed by atoms with van der Waals surface area (Å²) in [5.74, 6) is 0.0641. The summed E-state index contributed by atoms with van der Waals surface area (Å²) in [6, 6.07) is 13.1. The molecule has 0 radical (unpaired) electrons. The zero-order valence-corrected chi connectivity index (χ0v) is 20.3. The summed E-state index contributed by atoms with van der Waals surface area (Å²) >= 11 is 0. The highest BCUT2D eigenvalue weighted by molar-refractivity contribution is 5.95. The molecule has 9 nitrogen and oxygen atoms in total. The standard InChI is InChI=1S/C27H30FN5O4/c28-22-13-33(26(35)14-34)7-6-25(22)37-24-5-4-17(8-18(24)11-29)16-2-1-3-19(9-16)32-27(36)21-10-20(21)23-12-30-15-31-23/h1-5,8-9,12,15,20-22,25,34H,6-7,10-11,13-14,29H2,(H,30,31)(H,32,36)/t20?,21?,22-,25+/m1/s1. The van der Waals surface area contributed by atoms with E-state index in [9.17, 15) is 14.0 Å². The summed E-state index contributed by atoms with van der Waals surface area (Å²) in [7, 11) is 0. The van der Waals surface area contributed by atoms with Gasteiger partial charge in [-0.15, -0.1) is 0 Å². The number of imidazole rings is 1. The number of rotatable bonds is 8. The van der Waals surface area contributed by atoms with Crippen LogP contribution in [0.15, 0.2) is 55.0 Å². The number of nitrogens with two attached hydrogens (primary N) is 1. The molecule has 10 heteroatoms. The first-order valence-corrected chi connectivity index (χ1v) is 12.4. The molecule has 2 amide bonds. The number of nitrogens with zero attached hydrogens (tertiary/aromatic N) is 2. The van der Waals surface area contributed by atoms with Gasteiger partial charge in [0, 0.05) is 48.8 Å². The second-order valence-electron chi connectivity index (χ2n) is 9.50. The molecule has 1 aromatic heterocycles. The number of aromatic amines is 1. The number of nitrogens with one attached hydrogen (secondary N) is 2. The fourth-order valence-electron chi connectivity index (χ4n) is 4.84. The van der Waals surface area contributed by atoms with Crippen LogP contribution in [0.5, 0.6) is 5.75 Å². The van der Waals surface area contributed by atoms with Crippen LogP contribution in [-0.2, 0) is 16.1 Å². The van der Waals surface area contributed by atoms with E-state index in [1.165, 1.54) is 4.90 Å². The summed E-state index contributed by atoms with van der Waals surface area (Å²) in [4.78, 5) is 32.9. The molecule has 37 heavy (non-hydrogen) atoms. The molecule has 2 heterocycles. The second kappa shape index (κ2) is 10.7. The van der Waals surface area contributed by atoms with E-state index in [1.54, 1.807) is 12.4 Å². The van der Waals surface area contributed by atoms with Crippen LogP contribution in [0.2, 0.25) is 0 Å². The minimum atomic E-state index is -1.37. The van der Waals surface area contributed by atoms with Crippen molar-refractivity contribution in [2.75, 3.05) is 25.0 Å². The average Bonchev–Trinajstić information content (AvgIpc) is 3.54. The van der Waals surface area contributed by atoms with Crippen molar-refractivity contribution in [3.63, 3.8) is 0 Å². The zero-order chi connectivity index (χ0) is 25.9. The van der Waals surface area contributed by atoms with Gasteiger partial charge in [0.1, 0.15) is 18.5 Å². The van der Waals surface area contributed by atoms with E-state index in [4.69, 9.17) is 15.6 Å². The minimum Gasteiger partial charge on any atom is -0.487 e. The number of alkyl halides is 1. The van der Waals surface area contributed by atoms with Gasteiger partial charge >= 0.3 is 0 Å². The van der Waals surface area contributed by atoms with E-state index in [-0.39, 0.29) is 30.8 Å². The lowest BCUT2D eigenvalue weighted by molar-refractivity contribution is -0.138. The summed E-state index contributed by atoms with van der Waals surface area (Å²) in [5, 5.41) is 12.0. The third kappa shape index (κ3) is 5.50. The molecular weight excluding hydrogens is 477 g/mol. The Morgan fingerprint density at radius 2 is 2.08 bits per heavy atom. The minimum absolute atomic E-state index is 0.0240. The van der Waals surface area contributed by atoms with Crippen LogP contribution < -0.4 is 15.8 Å². The number of likely N-dealkylation sites (tertiary alicyclic amines) is 1. The molecule has 1 aliphatic heterocycles. The first-order valence-electron chi connectivity index (χ1n) is 12.4. The predicted molar refractivity (Wildman–Crippen MR) is 135 cm³/mol. The Labute approximate surface area is 213 Å². The first-order chi connectivity index (χ1) is 18.0. The molecule has 2 fully saturated rings. The predicted octanol–water partition coefficient (Wildman–Crippen LogP) is 2.59. The van der Waals surface area contributed by atoms with Crippen molar-refractivity contribution in [2.45, 2.75) is 37.6 Å². The number of H-pyrrole nitrogens is 1. The second-order valence-corrected chi connectivity index (χ2v) is 9.50. The number of hydrogen-bond donors (Lipinski definition) is 4. The monoisotopic (exact) mass is 507 g/mol.